The maximum Gasteiger partial charge on any atom is 0.472 e. The average Bonchev–Trinajstić information content (AvgIpc) is 3.38. The van der Waals surface area contributed by atoms with Crippen LogP contribution in [0.1, 0.15) is 201 Å². The summed E-state index contributed by atoms with van der Waals surface area (Å²) in [4.78, 5) is 35.2. The van der Waals surface area contributed by atoms with E-state index < -0.39 is 145 Å². The number of carboxylic acids is 1. The molecule has 0 aromatic rings. The molecule has 0 bridgehead atoms. The molecule has 0 radical (unpaired) electrons. The number of aliphatic hydroxyl groups excluding tert-OH is 3. The maximum atomic E-state index is 13.2. The van der Waals surface area contributed by atoms with E-state index in [1.54, 1.807) is 0 Å². The average molecular weight is 1290 g/mol. The van der Waals surface area contributed by atoms with E-state index in [-0.39, 0.29) is 6.61 Å². The predicted octanol–water partition coefficient (Wildman–Crippen LogP) is 6.05. The molecule has 11 atom stereocenters. The first-order valence-corrected chi connectivity index (χ1v) is 35.1. The second-order valence-electron chi connectivity index (χ2n) is 21.0. The van der Waals surface area contributed by atoms with Gasteiger partial charge in [-0.05, 0) is 12.8 Å². The highest BCUT2D eigenvalue weighted by Crippen LogP contribution is 2.43. The Morgan fingerprint density at radius 2 is 1.07 bits per heavy atom. The summed E-state index contributed by atoms with van der Waals surface area (Å²) in [6.45, 7) is 2.36. The molecule has 32 heteroatoms. The van der Waals surface area contributed by atoms with Crippen molar-refractivity contribution in [2.45, 2.75) is 262 Å². The predicted molar refractivity (Wildman–Crippen MR) is 303 cm³/mol. The molecule has 1 rings (SSSR count). The minimum Gasteiger partial charge on any atom is -0.479 e. The molecule has 0 saturated carbocycles. The molecule has 1 amide bonds. The van der Waals surface area contributed by atoms with Crippen LogP contribution in [0.15, 0.2) is 0 Å². The second kappa shape index (κ2) is 45.6. The lowest BCUT2D eigenvalue weighted by atomic mass is 9.97. The zero-order chi connectivity index (χ0) is 62.2. The maximum absolute atomic E-state index is 13.2. The second-order valence-corrected chi connectivity index (χ2v) is 25.6. The highest BCUT2D eigenvalue weighted by Gasteiger charge is 2.53. The molecule has 10 N–H and O–H groups in total. The monoisotopic (exact) mass is 1280 g/mol. The van der Waals surface area contributed by atoms with E-state index in [0.29, 0.717) is 13.2 Å². The number of carboxylic acid groups (broad SMARTS) is 1. The van der Waals surface area contributed by atoms with Gasteiger partial charge in [-0.1, -0.05) is 181 Å². The van der Waals surface area contributed by atoms with E-state index in [0.717, 1.165) is 58.3 Å². The van der Waals surface area contributed by atoms with Gasteiger partial charge in [-0.25, -0.2) is 21.9 Å². The number of hydrogen-bond acceptors (Lipinski definition) is 22. The normalized spacial score (nSPS) is 20.6. The lowest BCUT2D eigenvalue weighted by molar-refractivity contribution is -0.309. The molecule has 1 aliphatic heterocycles. The lowest BCUT2D eigenvalue weighted by Crippen LogP contribution is -2.65. The van der Waals surface area contributed by atoms with Crippen LogP contribution in [-0.4, -0.2) is 190 Å². The zero-order valence-corrected chi connectivity index (χ0v) is 52.2. The van der Waals surface area contributed by atoms with Crippen molar-refractivity contribution in [1.29, 1.82) is 0 Å². The number of aliphatic hydroxyl groups is 3. The van der Waals surface area contributed by atoms with Crippen molar-refractivity contribution in [3.63, 3.8) is 0 Å². The molecule has 0 aliphatic carbocycles. The number of aliphatic carboxylic acids is 1. The smallest absolute Gasteiger partial charge is 0.472 e. The van der Waals surface area contributed by atoms with Crippen LogP contribution in [0.25, 0.3) is 0 Å². The quantitative estimate of drug-likeness (QED) is 0.0188. The Balaban J connectivity index is 3.07. The Morgan fingerprint density at radius 1 is 0.602 bits per heavy atom. The van der Waals surface area contributed by atoms with Gasteiger partial charge in [0.25, 0.3) is 0 Å². The highest BCUT2D eigenvalue weighted by molar-refractivity contribution is 7.81. The van der Waals surface area contributed by atoms with E-state index in [9.17, 15) is 73.8 Å². The summed E-state index contributed by atoms with van der Waals surface area (Å²) in [6.07, 6.45) is 11.7. The summed E-state index contributed by atoms with van der Waals surface area (Å²) in [5, 5.41) is 46.6. The van der Waals surface area contributed by atoms with Gasteiger partial charge >= 0.3 is 45.0 Å². The zero-order valence-electron chi connectivity index (χ0n) is 48.8. The van der Waals surface area contributed by atoms with Crippen molar-refractivity contribution in [3.05, 3.63) is 0 Å². The van der Waals surface area contributed by atoms with Crippen molar-refractivity contribution in [3.8, 4) is 0 Å². The number of carbonyl (C=O) groups is 2. The molecule has 28 nitrogen and oxygen atoms in total. The third kappa shape index (κ3) is 42.0. The number of phosphoric acid groups is 1. The van der Waals surface area contributed by atoms with Gasteiger partial charge < -0.3 is 54.9 Å². The van der Waals surface area contributed by atoms with Gasteiger partial charge in [0.15, 0.2) is 18.5 Å². The summed E-state index contributed by atoms with van der Waals surface area (Å²) in [6, 6.07) is -1.90. The third-order valence-electron chi connectivity index (χ3n) is 13.5. The number of unbranched alkanes of at least 4 members (excludes halogenated alkanes) is 26. The van der Waals surface area contributed by atoms with Gasteiger partial charge in [0.1, 0.15) is 36.6 Å². The van der Waals surface area contributed by atoms with Gasteiger partial charge in [-0.2, -0.15) is 25.3 Å². The third-order valence-corrected chi connectivity index (χ3v) is 15.9. The van der Waals surface area contributed by atoms with Crippen molar-refractivity contribution in [2.24, 2.45) is 0 Å². The summed E-state index contributed by atoms with van der Waals surface area (Å²) < 4.78 is 158. The van der Waals surface area contributed by atoms with E-state index in [4.69, 9.17) is 32.5 Å². The van der Waals surface area contributed by atoms with Gasteiger partial charge in [-0.15, -0.1) is 0 Å². The molecular weight excluding hydrogens is 1180 g/mol. The minimum atomic E-state index is -5.79. The van der Waals surface area contributed by atoms with Gasteiger partial charge in [0.2, 0.25) is 5.91 Å². The Morgan fingerprint density at radius 3 is 1.51 bits per heavy atom. The molecule has 1 unspecified atom stereocenters. The fraction of sp³-hybridized carbons (Fsp3) is 0.961. The van der Waals surface area contributed by atoms with Crippen molar-refractivity contribution in [2.75, 3.05) is 52.7 Å². The molecule has 1 saturated heterocycles. The number of rotatable bonds is 56. The van der Waals surface area contributed by atoms with Gasteiger partial charge in [-0.3, -0.25) is 27.5 Å². The molecule has 1 heterocycles. The Kier molecular flexibility index (Phi) is 43.6. The fourth-order valence-corrected chi connectivity index (χ4v) is 11.3. The molecule has 1 fully saturated rings. The van der Waals surface area contributed by atoms with Crippen molar-refractivity contribution < 1.29 is 119 Å². The molecule has 0 aromatic carbocycles. The first kappa shape index (κ1) is 79.4. The van der Waals surface area contributed by atoms with Crippen LogP contribution in [-0.2, 0) is 85.9 Å². The Labute approximate surface area is 492 Å². The van der Waals surface area contributed by atoms with Crippen molar-refractivity contribution >= 4 is 50.9 Å². The number of amides is 1. The molecule has 83 heavy (non-hydrogen) atoms. The van der Waals surface area contributed by atoms with E-state index in [1.165, 1.54) is 128 Å². The van der Waals surface area contributed by atoms with Crippen LogP contribution in [0.3, 0.4) is 0 Å². The number of hydrogen-bond donors (Lipinski definition) is 10. The first-order chi connectivity index (χ1) is 39.2. The SMILES string of the molecule is CCCCCCCCCCCCCCCCOC[C@H](COP(=O)(O)OCCNC[C@H](NC(C)=O)[C@@H](O[C@@H]1O[C@H](C(=O)O)[C@@H](O)[C@H](O)[C@H]1OS(=O)(=O)O)[C@@H](OS(=O)(=O)O)[C@H](O)COS(=O)(=O)O)OCCCCCCCCCCCCCCCC. The largest absolute Gasteiger partial charge is 0.479 e. The van der Waals surface area contributed by atoms with Crippen LogP contribution in [0.5, 0.6) is 0 Å². The van der Waals surface area contributed by atoms with Crippen molar-refractivity contribution in [1.82, 2.24) is 10.6 Å². The van der Waals surface area contributed by atoms with Crippen LogP contribution >= 0.6 is 7.82 Å². The minimum absolute atomic E-state index is 0.0659. The van der Waals surface area contributed by atoms with Gasteiger partial charge in [0, 0.05) is 33.2 Å². The summed E-state index contributed by atoms with van der Waals surface area (Å²) in [5.74, 6) is -3.01. The topological polar surface area (TPSA) is 423 Å². The van der Waals surface area contributed by atoms with E-state index in [1.807, 2.05) is 0 Å². The van der Waals surface area contributed by atoms with Crippen LogP contribution in [0.2, 0.25) is 0 Å². The van der Waals surface area contributed by atoms with E-state index in [2.05, 4.69) is 37.0 Å². The Hall–Kier alpha value is -1.66. The standard InChI is InChI=1S/C51H101N2O26PS3/c1-4-6-8-10-12-14-16-18-20-22-24-26-28-30-33-71-37-41(72-34-31-29-27-25-23-21-19-17-15-13-11-9-7-5-2)38-74-80(60,61)73-35-32-52-36-42(53-40(3)54)46(47(78-82(65,66)67)43(55)39-75-81(62,63)64)76-51-49(79-83(68,69)70)45(57)44(56)48(77-51)50(58)59/h41-49,51-52,55-57H,4-39H2,1-3H3,(H,53,54)(H,58,59)(H,60,61)(H,62,63,64)(H,65,66,67)(H,68,69,70)/t41-,42+,43-,44+,45+,46-,47+,48+,49-,51-/m1/s1. The van der Waals surface area contributed by atoms with Crippen LogP contribution in [0, 0.1) is 0 Å². The molecule has 0 spiro atoms. The number of nitrogens with one attached hydrogen (secondary N) is 2. The lowest BCUT2D eigenvalue weighted by Gasteiger charge is -2.43. The number of phosphoric ester groups is 1. The van der Waals surface area contributed by atoms with E-state index >= 15 is 0 Å². The molecular formula is C51H101N2O26PS3. The van der Waals surface area contributed by atoms with Gasteiger partial charge in [0.05, 0.1) is 32.5 Å². The molecule has 494 valence electrons. The summed E-state index contributed by atoms with van der Waals surface area (Å²) in [5.41, 5.74) is 0. The molecule has 0 aromatic heterocycles. The first-order valence-electron chi connectivity index (χ1n) is 29.5. The molecule has 1 aliphatic rings. The number of ether oxygens (including phenoxy) is 4. The summed E-state index contributed by atoms with van der Waals surface area (Å²) >= 11 is 0. The number of carbonyl (C=O) groups excluding carboxylic acids is 1. The Bertz CT molecular complexity index is 2080. The fourth-order valence-electron chi connectivity index (χ4n) is 9.20. The summed E-state index contributed by atoms with van der Waals surface area (Å²) in [7, 11) is -21.7. The van der Waals surface area contributed by atoms with Crippen LogP contribution < -0.4 is 10.6 Å². The highest BCUT2D eigenvalue weighted by atomic mass is 32.3. The van der Waals surface area contributed by atoms with Crippen LogP contribution in [0.4, 0.5) is 0 Å².